The van der Waals surface area contributed by atoms with E-state index in [1.807, 2.05) is 32.2 Å². The van der Waals surface area contributed by atoms with E-state index in [9.17, 15) is 0 Å². The summed E-state index contributed by atoms with van der Waals surface area (Å²) in [6.45, 7) is 5.95. The van der Waals surface area contributed by atoms with Crippen LogP contribution in [0.4, 0.5) is 0 Å². The second-order valence-corrected chi connectivity index (χ2v) is 3.38. The average molecular weight is 187 g/mol. The fourth-order valence-electron chi connectivity index (χ4n) is 1.28. The molecule has 0 heterocycles. The molecule has 0 aliphatic heterocycles. The van der Waals surface area contributed by atoms with Gasteiger partial charge in [0.15, 0.2) is 0 Å². The molecule has 0 saturated heterocycles. The highest BCUT2D eigenvalue weighted by atomic mass is 14.9. The van der Waals surface area contributed by atoms with Crippen molar-refractivity contribution in [1.82, 2.24) is 5.32 Å². The Morgan fingerprint density at radius 1 is 1.36 bits per heavy atom. The molecule has 1 nitrogen and oxygen atoms in total. The fraction of sp³-hybridized carbons (Fsp3) is 0.231. The molecule has 0 aliphatic rings. The Labute approximate surface area is 86.2 Å². The van der Waals surface area contributed by atoms with Gasteiger partial charge in [-0.3, -0.25) is 0 Å². The molecule has 1 rings (SSSR count). The standard InChI is InChI=1S/C13H17N/c1-11(2)13(14-3)10-9-12-7-5-4-6-8-12/h4-10,13-14H,1H2,2-3H3/b10-9+/t13-/m0/s1. The lowest BCUT2D eigenvalue weighted by molar-refractivity contribution is 0.757. The quantitative estimate of drug-likeness (QED) is 0.715. The first-order valence-corrected chi connectivity index (χ1v) is 4.80. The van der Waals surface area contributed by atoms with Crippen LogP contribution in [0.5, 0.6) is 0 Å². The van der Waals surface area contributed by atoms with Crippen molar-refractivity contribution in [2.45, 2.75) is 13.0 Å². The van der Waals surface area contributed by atoms with Crippen LogP contribution in [0.15, 0.2) is 48.6 Å². The van der Waals surface area contributed by atoms with E-state index < -0.39 is 0 Å². The summed E-state index contributed by atoms with van der Waals surface area (Å²) in [6, 6.07) is 10.5. The molecular weight excluding hydrogens is 170 g/mol. The maximum Gasteiger partial charge on any atom is 0.0460 e. The van der Waals surface area contributed by atoms with Crippen molar-refractivity contribution in [3.63, 3.8) is 0 Å². The molecule has 1 N–H and O–H groups in total. The Bertz CT molecular complexity index is 311. The molecule has 1 atom stereocenters. The summed E-state index contributed by atoms with van der Waals surface area (Å²) in [5, 5.41) is 3.19. The van der Waals surface area contributed by atoms with Crippen LogP contribution < -0.4 is 5.32 Å². The van der Waals surface area contributed by atoms with Gasteiger partial charge in [0.2, 0.25) is 0 Å². The monoisotopic (exact) mass is 187 g/mol. The maximum absolute atomic E-state index is 3.92. The predicted octanol–water partition coefficient (Wildman–Crippen LogP) is 2.86. The van der Waals surface area contributed by atoms with Crippen molar-refractivity contribution in [1.29, 1.82) is 0 Å². The van der Waals surface area contributed by atoms with Gasteiger partial charge in [-0.2, -0.15) is 0 Å². The van der Waals surface area contributed by atoms with Crippen molar-refractivity contribution < 1.29 is 0 Å². The molecule has 14 heavy (non-hydrogen) atoms. The lowest BCUT2D eigenvalue weighted by Crippen LogP contribution is -2.23. The van der Waals surface area contributed by atoms with Gasteiger partial charge < -0.3 is 5.32 Å². The van der Waals surface area contributed by atoms with Gasteiger partial charge in [0, 0.05) is 6.04 Å². The van der Waals surface area contributed by atoms with E-state index in [2.05, 4.69) is 36.2 Å². The summed E-state index contributed by atoms with van der Waals surface area (Å²) < 4.78 is 0. The Morgan fingerprint density at radius 3 is 2.50 bits per heavy atom. The molecule has 0 radical (unpaired) electrons. The zero-order valence-electron chi connectivity index (χ0n) is 8.83. The average Bonchev–Trinajstić information content (AvgIpc) is 2.20. The van der Waals surface area contributed by atoms with E-state index in [1.165, 1.54) is 5.56 Å². The molecule has 0 bridgehead atoms. The van der Waals surface area contributed by atoms with Gasteiger partial charge >= 0.3 is 0 Å². The minimum absolute atomic E-state index is 0.259. The second kappa shape index (κ2) is 5.40. The zero-order chi connectivity index (χ0) is 10.4. The molecule has 0 aliphatic carbocycles. The van der Waals surface area contributed by atoms with E-state index in [-0.39, 0.29) is 6.04 Å². The van der Waals surface area contributed by atoms with E-state index in [0.29, 0.717) is 0 Å². The van der Waals surface area contributed by atoms with Gasteiger partial charge in [-0.15, -0.1) is 0 Å². The second-order valence-electron chi connectivity index (χ2n) is 3.38. The summed E-state index contributed by atoms with van der Waals surface area (Å²) in [6.07, 6.45) is 4.23. The molecule has 1 aromatic rings. The highest BCUT2D eigenvalue weighted by Gasteiger charge is 1.99. The van der Waals surface area contributed by atoms with Crippen molar-refractivity contribution in [3.8, 4) is 0 Å². The molecule has 74 valence electrons. The van der Waals surface area contributed by atoms with Gasteiger partial charge in [0.25, 0.3) is 0 Å². The number of hydrogen-bond donors (Lipinski definition) is 1. The minimum atomic E-state index is 0.259. The molecule has 1 aromatic carbocycles. The smallest absolute Gasteiger partial charge is 0.0460 e. The van der Waals surface area contributed by atoms with E-state index in [1.54, 1.807) is 0 Å². The van der Waals surface area contributed by atoms with E-state index in [0.717, 1.165) is 5.57 Å². The van der Waals surface area contributed by atoms with Crippen LogP contribution in [0, 0.1) is 0 Å². The van der Waals surface area contributed by atoms with Crippen LogP contribution >= 0.6 is 0 Å². The van der Waals surface area contributed by atoms with Gasteiger partial charge in [-0.05, 0) is 19.5 Å². The van der Waals surface area contributed by atoms with Crippen LogP contribution in [0.3, 0.4) is 0 Å². The molecule has 0 saturated carbocycles. The number of likely N-dealkylation sites (N-methyl/N-ethyl adjacent to an activating group) is 1. The topological polar surface area (TPSA) is 12.0 Å². The number of hydrogen-bond acceptors (Lipinski definition) is 1. The Morgan fingerprint density at radius 2 is 2.00 bits per heavy atom. The van der Waals surface area contributed by atoms with Crippen molar-refractivity contribution in [3.05, 3.63) is 54.1 Å². The lowest BCUT2D eigenvalue weighted by Gasteiger charge is -2.10. The first kappa shape index (κ1) is 10.7. The minimum Gasteiger partial charge on any atom is -0.310 e. The highest BCUT2D eigenvalue weighted by molar-refractivity contribution is 5.50. The number of nitrogens with one attached hydrogen (secondary N) is 1. The molecule has 0 spiro atoms. The normalized spacial score (nSPS) is 13.0. The van der Waals surface area contributed by atoms with Crippen LogP contribution in [-0.2, 0) is 0 Å². The van der Waals surface area contributed by atoms with E-state index in [4.69, 9.17) is 0 Å². The van der Waals surface area contributed by atoms with Crippen LogP contribution in [-0.4, -0.2) is 13.1 Å². The molecule has 0 fully saturated rings. The van der Waals surface area contributed by atoms with Gasteiger partial charge in [-0.1, -0.05) is 54.6 Å². The molecule has 1 heteroatoms. The molecule has 0 unspecified atom stereocenters. The van der Waals surface area contributed by atoms with Crippen molar-refractivity contribution in [2.24, 2.45) is 0 Å². The third-order valence-electron chi connectivity index (χ3n) is 2.12. The predicted molar refractivity (Wildman–Crippen MR) is 63.1 cm³/mol. The molecule has 0 aromatic heterocycles. The fourth-order valence-corrected chi connectivity index (χ4v) is 1.28. The first-order valence-electron chi connectivity index (χ1n) is 4.80. The number of rotatable bonds is 4. The maximum atomic E-state index is 3.92. The number of benzene rings is 1. The summed E-state index contributed by atoms with van der Waals surface area (Å²) in [4.78, 5) is 0. The summed E-state index contributed by atoms with van der Waals surface area (Å²) >= 11 is 0. The summed E-state index contributed by atoms with van der Waals surface area (Å²) in [5.74, 6) is 0. The third kappa shape index (κ3) is 3.19. The summed E-state index contributed by atoms with van der Waals surface area (Å²) in [7, 11) is 1.94. The van der Waals surface area contributed by atoms with Crippen LogP contribution in [0.1, 0.15) is 12.5 Å². The zero-order valence-corrected chi connectivity index (χ0v) is 8.83. The van der Waals surface area contributed by atoms with Gasteiger partial charge in [0.1, 0.15) is 0 Å². The SMILES string of the molecule is C=C(C)[C@H](/C=C/c1ccccc1)NC. The third-order valence-corrected chi connectivity index (χ3v) is 2.12. The van der Waals surface area contributed by atoms with Crippen molar-refractivity contribution >= 4 is 6.08 Å². The lowest BCUT2D eigenvalue weighted by atomic mass is 10.1. The van der Waals surface area contributed by atoms with E-state index >= 15 is 0 Å². The van der Waals surface area contributed by atoms with Gasteiger partial charge in [-0.25, -0.2) is 0 Å². The molecule has 0 amide bonds. The Hall–Kier alpha value is -1.34. The summed E-state index contributed by atoms with van der Waals surface area (Å²) in [5.41, 5.74) is 2.34. The highest BCUT2D eigenvalue weighted by Crippen LogP contribution is 2.05. The Kier molecular flexibility index (Phi) is 4.14. The first-order chi connectivity index (χ1) is 6.74. The molecular formula is C13H17N. The van der Waals surface area contributed by atoms with Crippen LogP contribution in [0.25, 0.3) is 6.08 Å². The Balaban J connectivity index is 2.67. The van der Waals surface area contributed by atoms with Crippen LogP contribution in [0.2, 0.25) is 0 Å². The van der Waals surface area contributed by atoms with Crippen molar-refractivity contribution in [2.75, 3.05) is 7.05 Å². The van der Waals surface area contributed by atoms with Gasteiger partial charge in [0.05, 0.1) is 0 Å². The largest absolute Gasteiger partial charge is 0.310 e.